The number of hydrogen-bond acceptors (Lipinski definition) is 2. The number of aryl methyl sites for hydroxylation is 3. The maximum Gasteiger partial charge on any atom is 0.163 e. The van der Waals surface area contributed by atoms with Crippen molar-refractivity contribution >= 4 is 46.0 Å². The van der Waals surface area contributed by atoms with Gasteiger partial charge in [-0.05, 0) is 25.1 Å². The third-order valence-corrected chi connectivity index (χ3v) is 4.07. The number of nitrogens with zero attached hydrogens (tertiary/aromatic N) is 4. The number of aromatic nitrogens is 4. The van der Waals surface area contributed by atoms with Crippen molar-refractivity contribution in [2.24, 2.45) is 7.05 Å². The molecule has 0 unspecified atom stereocenters. The van der Waals surface area contributed by atoms with E-state index in [9.17, 15) is 0 Å². The largest absolute Gasteiger partial charge is 0.279 e. The molecule has 110 valence electrons. The minimum absolute atomic E-state index is 0.487. The lowest BCUT2D eigenvalue weighted by atomic mass is 10.3. The van der Waals surface area contributed by atoms with Gasteiger partial charge in [0.25, 0.3) is 0 Å². The lowest BCUT2D eigenvalue weighted by Crippen LogP contribution is -2.06. The van der Waals surface area contributed by atoms with Crippen LogP contribution in [-0.4, -0.2) is 25.2 Å². The second-order valence-corrected chi connectivity index (χ2v) is 6.00. The van der Waals surface area contributed by atoms with E-state index >= 15 is 0 Å². The van der Waals surface area contributed by atoms with Gasteiger partial charge in [0.15, 0.2) is 5.65 Å². The van der Waals surface area contributed by atoms with Crippen molar-refractivity contribution in [3.63, 3.8) is 0 Å². The average Bonchev–Trinajstić information content (AvgIpc) is 2.90. The summed E-state index contributed by atoms with van der Waals surface area (Å²) in [5, 5.41) is 5.58. The van der Waals surface area contributed by atoms with Crippen LogP contribution in [0.4, 0.5) is 0 Å². The average molecular weight is 344 g/mol. The van der Waals surface area contributed by atoms with Crippen LogP contribution in [0.5, 0.6) is 0 Å². The summed E-state index contributed by atoms with van der Waals surface area (Å²) in [5.41, 5.74) is 3.47. The van der Waals surface area contributed by atoms with Gasteiger partial charge in [-0.3, -0.25) is 4.57 Å². The molecule has 0 aliphatic heterocycles. The molecule has 7 heteroatoms. The molecule has 0 saturated heterocycles. The number of rotatable bonds is 3. The summed E-state index contributed by atoms with van der Waals surface area (Å²) in [7, 11) is 1.89. The highest BCUT2D eigenvalue weighted by Crippen LogP contribution is 2.30. The molecule has 0 fully saturated rings. The summed E-state index contributed by atoms with van der Waals surface area (Å²) in [6, 6.07) is 5.41. The molecule has 21 heavy (non-hydrogen) atoms. The Labute approximate surface area is 137 Å². The Kier molecular flexibility index (Phi) is 3.86. The first-order valence-corrected chi connectivity index (χ1v) is 7.74. The van der Waals surface area contributed by atoms with E-state index in [0.717, 1.165) is 28.4 Å². The fourth-order valence-electron chi connectivity index (χ4n) is 2.49. The minimum Gasteiger partial charge on any atom is -0.279 e. The summed E-state index contributed by atoms with van der Waals surface area (Å²) in [6.07, 6.45) is 0.647. The number of imidazole rings is 1. The number of halogens is 3. The van der Waals surface area contributed by atoms with Crippen LogP contribution >= 0.6 is 34.8 Å². The highest BCUT2D eigenvalue weighted by Gasteiger charge is 2.19. The molecular formula is C14H13Cl3N4. The first-order chi connectivity index (χ1) is 10.0. The third kappa shape index (κ3) is 2.41. The molecule has 0 atom stereocenters. The van der Waals surface area contributed by atoms with Crippen molar-refractivity contribution in [3.8, 4) is 5.69 Å². The zero-order valence-corrected chi connectivity index (χ0v) is 13.8. The van der Waals surface area contributed by atoms with Crippen molar-refractivity contribution in [3.05, 3.63) is 39.8 Å². The molecule has 2 heterocycles. The van der Waals surface area contributed by atoms with E-state index in [1.54, 1.807) is 10.7 Å². The summed E-state index contributed by atoms with van der Waals surface area (Å²) in [4.78, 5) is 4.67. The van der Waals surface area contributed by atoms with E-state index in [0.29, 0.717) is 22.3 Å². The molecule has 1 aromatic carbocycles. The van der Waals surface area contributed by atoms with Gasteiger partial charge in [-0.1, -0.05) is 23.2 Å². The SMILES string of the molecule is Cc1nn(C)c2c1nc(CCCl)n2-c1ccc(Cl)cc1Cl. The van der Waals surface area contributed by atoms with E-state index in [1.165, 1.54) is 0 Å². The number of hydrogen-bond donors (Lipinski definition) is 0. The molecule has 0 radical (unpaired) electrons. The molecule has 0 spiro atoms. The van der Waals surface area contributed by atoms with E-state index in [-0.39, 0.29) is 0 Å². The zero-order chi connectivity index (χ0) is 15.1. The first kappa shape index (κ1) is 14.7. The van der Waals surface area contributed by atoms with Gasteiger partial charge in [-0.25, -0.2) is 9.67 Å². The van der Waals surface area contributed by atoms with Crippen LogP contribution < -0.4 is 0 Å². The standard InChI is InChI=1S/C14H13Cl3N4/c1-8-13-14(20(2)19-8)21(12(18-13)5-6-15)11-4-3-9(16)7-10(11)17/h3-4,7H,5-6H2,1-2H3. The first-order valence-electron chi connectivity index (χ1n) is 6.45. The highest BCUT2D eigenvalue weighted by atomic mass is 35.5. The van der Waals surface area contributed by atoms with Gasteiger partial charge in [-0.2, -0.15) is 5.10 Å². The lowest BCUT2D eigenvalue weighted by Gasteiger charge is -2.11. The van der Waals surface area contributed by atoms with Crippen molar-refractivity contribution in [2.45, 2.75) is 13.3 Å². The fraction of sp³-hybridized carbons (Fsp3) is 0.286. The highest BCUT2D eigenvalue weighted by molar-refractivity contribution is 6.35. The molecule has 4 nitrogen and oxygen atoms in total. The number of alkyl halides is 1. The van der Waals surface area contributed by atoms with Gasteiger partial charge in [0.1, 0.15) is 11.3 Å². The van der Waals surface area contributed by atoms with Gasteiger partial charge in [0, 0.05) is 24.4 Å². The molecule has 2 aromatic heterocycles. The van der Waals surface area contributed by atoms with Crippen LogP contribution in [0.25, 0.3) is 16.9 Å². The Hall–Kier alpha value is -1.23. The van der Waals surface area contributed by atoms with Gasteiger partial charge in [-0.15, -0.1) is 11.6 Å². The van der Waals surface area contributed by atoms with Crippen LogP contribution in [0.3, 0.4) is 0 Å². The Bertz CT molecular complexity index is 819. The Balaban J connectivity index is 2.35. The second-order valence-electron chi connectivity index (χ2n) is 4.78. The molecule has 0 saturated carbocycles. The topological polar surface area (TPSA) is 35.6 Å². The van der Waals surface area contributed by atoms with Gasteiger partial charge in [0.05, 0.1) is 16.4 Å². The normalized spacial score (nSPS) is 11.5. The monoisotopic (exact) mass is 342 g/mol. The van der Waals surface area contributed by atoms with E-state index in [1.807, 2.05) is 30.7 Å². The maximum absolute atomic E-state index is 6.36. The zero-order valence-electron chi connectivity index (χ0n) is 11.6. The summed E-state index contributed by atoms with van der Waals surface area (Å²) in [5.74, 6) is 1.35. The summed E-state index contributed by atoms with van der Waals surface area (Å²) >= 11 is 18.2. The van der Waals surface area contributed by atoms with Crippen molar-refractivity contribution < 1.29 is 0 Å². The van der Waals surface area contributed by atoms with Crippen LogP contribution in [0, 0.1) is 6.92 Å². The lowest BCUT2D eigenvalue weighted by molar-refractivity contribution is 0.751. The smallest absolute Gasteiger partial charge is 0.163 e. The van der Waals surface area contributed by atoms with Crippen molar-refractivity contribution in [1.29, 1.82) is 0 Å². The predicted octanol–water partition coefficient (Wildman–Crippen LogP) is 4.16. The van der Waals surface area contributed by atoms with Gasteiger partial charge in [0.2, 0.25) is 0 Å². The van der Waals surface area contributed by atoms with Crippen LogP contribution in [-0.2, 0) is 13.5 Å². The van der Waals surface area contributed by atoms with Crippen molar-refractivity contribution in [1.82, 2.24) is 19.3 Å². The molecule has 0 aliphatic carbocycles. The molecule has 0 aliphatic rings. The molecule has 3 rings (SSSR count). The van der Waals surface area contributed by atoms with E-state index < -0.39 is 0 Å². The Morgan fingerprint density at radius 2 is 2.00 bits per heavy atom. The minimum atomic E-state index is 0.487. The van der Waals surface area contributed by atoms with Crippen molar-refractivity contribution in [2.75, 3.05) is 5.88 Å². The summed E-state index contributed by atoms with van der Waals surface area (Å²) in [6.45, 7) is 1.94. The quantitative estimate of drug-likeness (QED) is 0.670. The molecule has 0 amide bonds. The van der Waals surface area contributed by atoms with E-state index in [4.69, 9.17) is 34.8 Å². The molecule has 0 bridgehead atoms. The summed E-state index contributed by atoms with van der Waals surface area (Å²) < 4.78 is 3.80. The fourth-order valence-corrected chi connectivity index (χ4v) is 3.15. The maximum atomic E-state index is 6.36. The Morgan fingerprint density at radius 1 is 1.24 bits per heavy atom. The van der Waals surface area contributed by atoms with E-state index in [2.05, 4.69) is 10.1 Å². The Morgan fingerprint density at radius 3 is 2.67 bits per heavy atom. The number of benzene rings is 1. The second kappa shape index (κ2) is 5.52. The predicted molar refractivity (Wildman–Crippen MR) is 87.0 cm³/mol. The third-order valence-electron chi connectivity index (χ3n) is 3.34. The van der Waals surface area contributed by atoms with Crippen LogP contribution in [0.15, 0.2) is 18.2 Å². The molecule has 3 aromatic rings. The molecular weight excluding hydrogens is 331 g/mol. The number of fused-ring (bicyclic) bond motifs is 1. The molecule has 0 N–H and O–H groups in total. The van der Waals surface area contributed by atoms with Crippen LogP contribution in [0.2, 0.25) is 10.0 Å². The van der Waals surface area contributed by atoms with Crippen LogP contribution in [0.1, 0.15) is 11.5 Å². The van der Waals surface area contributed by atoms with Gasteiger partial charge < -0.3 is 0 Å². The van der Waals surface area contributed by atoms with Gasteiger partial charge >= 0.3 is 0 Å².